The van der Waals surface area contributed by atoms with Crippen LogP contribution in [0.15, 0.2) is 16.9 Å². The zero-order valence-corrected chi connectivity index (χ0v) is 7.66. The molecule has 0 saturated carbocycles. The summed E-state index contributed by atoms with van der Waals surface area (Å²) >= 11 is 0. The van der Waals surface area contributed by atoms with Crippen molar-refractivity contribution in [3.8, 4) is 0 Å². The summed E-state index contributed by atoms with van der Waals surface area (Å²) in [5, 5.41) is 2.93. The van der Waals surface area contributed by atoms with Gasteiger partial charge in [0.05, 0.1) is 0 Å². The molecule has 0 unspecified atom stereocenters. The summed E-state index contributed by atoms with van der Waals surface area (Å²) in [6.07, 6.45) is 0.806. The van der Waals surface area contributed by atoms with Crippen LogP contribution < -0.4 is 5.56 Å². The number of aryl methyl sites for hydroxylation is 2. The number of pyridine rings is 1. The predicted molar refractivity (Wildman–Crippen MR) is 49.9 cm³/mol. The smallest absolute Gasteiger partial charge is 0.271 e. The molecule has 2 aromatic heterocycles. The highest BCUT2D eigenvalue weighted by Gasteiger charge is 2.02. The molecule has 2 rings (SSSR count). The molecule has 0 fully saturated rings. The van der Waals surface area contributed by atoms with Crippen molar-refractivity contribution >= 4 is 5.65 Å². The second kappa shape index (κ2) is 2.73. The SMILES string of the molecule is CCc1nc2cc(C)cc(=O)n2[nH]1. The van der Waals surface area contributed by atoms with Crippen LogP contribution in [0.5, 0.6) is 0 Å². The highest BCUT2D eigenvalue weighted by Crippen LogP contribution is 2.01. The van der Waals surface area contributed by atoms with Gasteiger partial charge in [-0.3, -0.25) is 9.89 Å². The lowest BCUT2D eigenvalue weighted by Gasteiger charge is -1.91. The fourth-order valence-corrected chi connectivity index (χ4v) is 1.33. The Balaban J connectivity index is 2.83. The number of rotatable bonds is 1. The van der Waals surface area contributed by atoms with Crippen LogP contribution in [0.25, 0.3) is 5.65 Å². The second-order valence-corrected chi connectivity index (χ2v) is 3.09. The van der Waals surface area contributed by atoms with E-state index in [4.69, 9.17) is 0 Å². The minimum atomic E-state index is -0.0535. The van der Waals surface area contributed by atoms with Crippen LogP contribution >= 0.6 is 0 Å². The van der Waals surface area contributed by atoms with E-state index in [-0.39, 0.29) is 5.56 Å². The Kier molecular flexibility index (Phi) is 1.69. The summed E-state index contributed by atoms with van der Waals surface area (Å²) in [4.78, 5) is 15.7. The molecule has 68 valence electrons. The largest absolute Gasteiger partial charge is 0.276 e. The summed E-state index contributed by atoms with van der Waals surface area (Å²) in [6, 6.07) is 3.47. The van der Waals surface area contributed by atoms with Crippen LogP contribution in [0.3, 0.4) is 0 Å². The third-order valence-electron chi connectivity index (χ3n) is 1.98. The molecule has 4 nitrogen and oxygen atoms in total. The molecule has 0 amide bonds. The Morgan fingerprint density at radius 2 is 2.31 bits per heavy atom. The number of nitrogens with zero attached hydrogens (tertiary/aromatic N) is 2. The number of hydrogen-bond acceptors (Lipinski definition) is 2. The zero-order valence-electron chi connectivity index (χ0n) is 7.66. The summed E-state index contributed by atoms with van der Waals surface area (Å²) in [6.45, 7) is 3.89. The highest BCUT2D eigenvalue weighted by molar-refractivity contribution is 5.39. The van der Waals surface area contributed by atoms with Crippen LogP contribution in [0, 0.1) is 6.92 Å². The van der Waals surface area contributed by atoms with Gasteiger partial charge in [0.2, 0.25) is 0 Å². The maximum atomic E-state index is 11.4. The molecule has 0 radical (unpaired) electrons. The van der Waals surface area contributed by atoms with Gasteiger partial charge < -0.3 is 0 Å². The normalized spacial score (nSPS) is 10.9. The van der Waals surface area contributed by atoms with Crippen molar-refractivity contribution in [1.82, 2.24) is 14.6 Å². The van der Waals surface area contributed by atoms with Gasteiger partial charge in [-0.05, 0) is 18.6 Å². The number of aromatic nitrogens is 3. The van der Waals surface area contributed by atoms with E-state index in [9.17, 15) is 4.79 Å². The van der Waals surface area contributed by atoms with Crippen molar-refractivity contribution in [2.75, 3.05) is 0 Å². The summed E-state index contributed by atoms with van der Waals surface area (Å²) in [5.41, 5.74) is 1.59. The lowest BCUT2D eigenvalue weighted by molar-refractivity contribution is 0.861. The number of aromatic amines is 1. The van der Waals surface area contributed by atoms with Gasteiger partial charge in [-0.2, -0.15) is 0 Å². The molecule has 0 aliphatic rings. The lowest BCUT2D eigenvalue weighted by Crippen LogP contribution is -2.12. The predicted octanol–water partition coefficient (Wildman–Crippen LogP) is 0.893. The quantitative estimate of drug-likeness (QED) is 0.703. The van der Waals surface area contributed by atoms with Gasteiger partial charge in [0.1, 0.15) is 5.82 Å². The number of hydrogen-bond donors (Lipinski definition) is 1. The molecule has 0 aromatic carbocycles. The van der Waals surface area contributed by atoms with E-state index < -0.39 is 0 Å². The molecule has 2 aromatic rings. The number of H-pyrrole nitrogens is 1. The average Bonchev–Trinajstić information content (AvgIpc) is 2.47. The Morgan fingerprint density at radius 3 is 3.00 bits per heavy atom. The van der Waals surface area contributed by atoms with E-state index in [0.717, 1.165) is 17.8 Å². The van der Waals surface area contributed by atoms with Crippen molar-refractivity contribution in [3.63, 3.8) is 0 Å². The minimum absolute atomic E-state index is 0.0535. The van der Waals surface area contributed by atoms with Crippen molar-refractivity contribution in [2.24, 2.45) is 0 Å². The molecular formula is C9H11N3O. The maximum absolute atomic E-state index is 11.4. The van der Waals surface area contributed by atoms with Gasteiger partial charge in [0.15, 0.2) is 5.65 Å². The Hall–Kier alpha value is -1.58. The highest BCUT2D eigenvalue weighted by atomic mass is 16.1. The Bertz CT molecular complexity index is 495. The second-order valence-electron chi connectivity index (χ2n) is 3.09. The maximum Gasteiger partial charge on any atom is 0.271 e. The summed E-state index contributed by atoms with van der Waals surface area (Å²) < 4.78 is 1.46. The van der Waals surface area contributed by atoms with Crippen LogP contribution in [-0.4, -0.2) is 14.6 Å². The number of fused-ring (bicyclic) bond motifs is 1. The number of nitrogens with one attached hydrogen (secondary N) is 1. The van der Waals surface area contributed by atoms with Crippen molar-refractivity contribution in [3.05, 3.63) is 33.9 Å². The molecule has 4 heteroatoms. The van der Waals surface area contributed by atoms with Gasteiger partial charge in [-0.25, -0.2) is 9.50 Å². The first-order chi connectivity index (χ1) is 6.20. The lowest BCUT2D eigenvalue weighted by atomic mass is 10.3. The topological polar surface area (TPSA) is 50.2 Å². The molecular weight excluding hydrogens is 166 g/mol. The molecule has 0 aliphatic heterocycles. The van der Waals surface area contributed by atoms with E-state index in [2.05, 4.69) is 10.1 Å². The molecule has 0 saturated heterocycles. The minimum Gasteiger partial charge on any atom is -0.276 e. The third kappa shape index (κ3) is 1.24. The molecule has 13 heavy (non-hydrogen) atoms. The van der Waals surface area contributed by atoms with E-state index >= 15 is 0 Å². The molecule has 1 N–H and O–H groups in total. The molecule has 0 spiro atoms. The van der Waals surface area contributed by atoms with Gasteiger partial charge >= 0.3 is 0 Å². The van der Waals surface area contributed by atoms with E-state index in [1.54, 1.807) is 6.07 Å². The standard InChI is InChI=1S/C9H11N3O/c1-3-7-10-8-4-6(2)5-9(13)12(8)11-7/h4-5H,3H2,1-2H3,(H,10,11). The van der Waals surface area contributed by atoms with Crippen molar-refractivity contribution in [1.29, 1.82) is 0 Å². The van der Waals surface area contributed by atoms with Crippen molar-refractivity contribution < 1.29 is 0 Å². The van der Waals surface area contributed by atoms with E-state index in [1.165, 1.54) is 4.52 Å². The summed E-state index contributed by atoms with van der Waals surface area (Å²) in [7, 11) is 0. The van der Waals surface area contributed by atoms with Gasteiger partial charge in [-0.15, -0.1) is 0 Å². The van der Waals surface area contributed by atoms with Crippen LogP contribution in [0.2, 0.25) is 0 Å². The van der Waals surface area contributed by atoms with Gasteiger partial charge in [0.25, 0.3) is 5.56 Å². The fraction of sp³-hybridized carbons (Fsp3) is 0.333. The monoisotopic (exact) mass is 177 g/mol. The Labute approximate surface area is 75.2 Å². The first-order valence-corrected chi connectivity index (χ1v) is 4.29. The molecule has 0 atom stereocenters. The average molecular weight is 177 g/mol. The van der Waals surface area contributed by atoms with Crippen LogP contribution in [0.1, 0.15) is 18.3 Å². The fourth-order valence-electron chi connectivity index (χ4n) is 1.33. The van der Waals surface area contributed by atoms with E-state index in [1.807, 2.05) is 19.9 Å². The van der Waals surface area contributed by atoms with Gasteiger partial charge in [-0.1, -0.05) is 6.92 Å². The molecule has 0 bridgehead atoms. The first kappa shape index (κ1) is 8.04. The zero-order chi connectivity index (χ0) is 9.42. The summed E-state index contributed by atoms with van der Waals surface area (Å²) in [5.74, 6) is 0.836. The Morgan fingerprint density at radius 1 is 1.54 bits per heavy atom. The van der Waals surface area contributed by atoms with E-state index in [0.29, 0.717) is 5.65 Å². The van der Waals surface area contributed by atoms with Crippen molar-refractivity contribution in [2.45, 2.75) is 20.3 Å². The molecule has 0 aliphatic carbocycles. The first-order valence-electron chi connectivity index (χ1n) is 4.29. The van der Waals surface area contributed by atoms with Crippen LogP contribution in [-0.2, 0) is 6.42 Å². The third-order valence-corrected chi connectivity index (χ3v) is 1.98. The van der Waals surface area contributed by atoms with Crippen LogP contribution in [0.4, 0.5) is 0 Å². The van der Waals surface area contributed by atoms with Gasteiger partial charge in [0, 0.05) is 12.5 Å². The molecule has 2 heterocycles.